The molecule has 0 saturated heterocycles. The normalized spacial score (nSPS) is 15.8. The van der Waals surface area contributed by atoms with E-state index < -0.39 is 6.10 Å². The van der Waals surface area contributed by atoms with Crippen molar-refractivity contribution in [2.75, 3.05) is 7.11 Å². The SMILES string of the molecule is COc1ccc([C@@H](C)O)c(OCc2noc(C3CC3)n2)c1. The molecular formula is C15H18N2O4. The molecule has 0 spiro atoms. The van der Waals surface area contributed by atoms with E-state index in [1.54, 1.807) is 32.2 Å². The van der Waals surface area contributed by atoms with E-state index >= 15 is 0 Å². The average Bonchev–Trinajstić information content (AvgIpc) is 3.23. The summed E-state index contributed by atoms with van der Waals surface area (Å²) in [5, 5.41) is 13.7. The van der Waals surface area contributed by atoms with Gasteiger partial charge in [-0.25, -0.2) is 0 Å². The van der Waals surface area contributed by atoms with E-state index in [4.69, 9.17) is 14.0 Å². The summed E-state index contributed by atoms with van der Waals surface area (Å²) in [5.74, 6) is 2.85. The summed E-state index contributed by atoms with van der Waals surface area (Å²) in [6, 6.07) is 5.31. The van der Waals surface area contributed by atoms with Crippen LogP contribution in [0.2, 0.25) is 0 Å². The Bertz CT molecular complexity index is 620. The summed E-state index contributed by atoms with van der Waals surface area (Å²) in [4.78, 5) is 4.31. The third-order valence-electron chi connectivity index (χ3n) is 3.44. The molecule has 1 fully saturated rings. The molecule has 0 unspecified atom stereocenters. The molecule has 1 atom stereocenters. The molecule has 0 aliphatic heterocycles. The van der Waals surface area contributed by atoms with E-state index in [-0.39, 0.29) is 6.61 Å². The molecule has 112 valence electrons. The lowest BCUT2D eigenvalue weighted by molar-refractivity contribution is 0.189. The zero-order valence-corrected chi connectivity index (χ0v) is 12.1. The number of hydrogen-bond acceptors (Lipinski definition) is 6. The molecule has 0 bridgehead atoms. The zero-order valence-electron chi connectivity index (χ0n) is 12.1. The fourth-order valence-corrected chi connectivity index (χ4v) is 2.08. The van der Waals surface area contributed by atoms with E-state index in [0.29, 0.717) is 34.7 Å². The highest BCUT2D eigenvalue weighted by molar-refractivity contribution is 5.41. The Balaban J connectivity index is 1.73. The number of methoxy groups -OCH3 is 1. The number of aliphatic hydroxyl groups is 1. The van der Waals surface area contributed by atoms with Gasteiger partial charge in [-0.3, -0.25) is 0 Å². The van der Waals surface area contributed by atoms with Crippen LogP contribution in [0.3, 0.4) is 0 Å². The number of benzene rings is 1. The number of aliphatic hydroxyl groups excluding tert-OH is 1. The first kappa shape index (κ1) is 13.9. The van der Waals surface area contributed by atoms with Crippen molar-refractivity contribution < 1.29 is 19.1 Å². The number of nitrogens with zero attached hydrogens (tertiary/aromatic N) is 2. The summed E-state index contributed by atoms with van der Waals surface area (Å²) < 4.78 is 16.1. The van der Waals surface area contributed by atoms with Crippen LogP contribution in [0.4, 0.5) is 0 Å². The average molecular weight is 290 g/mol. The van der Waals surface area contributed by atoms with Gasteiger partial charge in [0.2, 0.25) is 11.7 Å². The fourth-order valence-electron chi connectivity index (χ4n) is 2.08. The van der Waals surface area contributed by atoms with Crippen molar-refractivity contribution in [2.45, 2.75) is 38.4 Å². The van der Waals surface area contributed by atoms with Crippen molar-refractivity contribution >= 4 is 0 Å². The number of rotatable bonds is 6. The summed E-state index contributed by atoms with van der Waals surface area (Å²) >= 11 is 0. The standard InChI is InChI=1S/C15H18N2O4/c1-9(18)12-6-5-11(19-2)7-13(12)20-8-14-16-15(21-17-14)10-3-4-10/h5-7,9-10,18H,3-4,8H2,1-2H3/t9-/m1/s1. The second-order valence-corrected chi connectivity index (χ2v) is 5.19. The van der Waals surface area contributed by atoms with Gasteiger partial charge in [-0.15, -0.1) is 0 Å². The molecule has 6 nitrogen and oxygen atoms in total. The maximum Gasteiger partial charge on any atom is 0.229 e. The Morgan fingerprint density at radius 1 is 1.43 bits per heavy atom. The first-order chi connectivity index (χ1) is 10.2. The molecule has 6 heteroatoms. The van der Waals surface area contributed by atoms with Crippen molar-refractivity contribution in [3.63, 3.8) is 0 Å². The molecule has 21 heavy (non-hydrogen) atoms. The Labute approximate surface area is 122 Å². The van der Waals surface area contributed by atoms with Crippen molar-refractivity contribution in [2.24, 2.45) is 0 Å². The van der Waals surface area contributed by atoms with Gasteiger partial charge in [-0.1, -0.05) is 5.16 Å². The van der Waals surface area contributed by atoms with E-state index in [0.717, 1.165) is 12.8 Å². The van der Waals surface area contributed by atoms with Crippen LogP contribution in [0, 0.1) is 0 Å². The van der Waals surface area contributed by atoms with E-state index in [1.807, 2.05) is 0 Å². The van der Waals surface area contributed by atoms with Crippen LogP contribution in [-0.4, -0.2) is 22.4 Å². The lowest BCUT2D eigenvalue weighted by Crippen LogP contribution is -2.03. The van der Waals surface area contributed by atoms with Gasteiger partial charge in [0.1, 0.15) is 11.5 Å². The smallest absolute Gasteiger partial charge is 0.229 e. The van der Waals surface area contributed by atoms with Crippen LogP contribution in [0.5, 0.6) is 11.5 Å². The summed E-state index contributed by atoms with van der Waals surface area (Å²) in [6.45, 7) is 1.89. The predicted molar refractivity (Wildman–Crippen MR) is 74.2 cm³/mol. The van der Waals surface area contributed by atoms with Crippen molar-refractivity contribution in [1.29, 1.82) is 0 Å². The molecule has 3 rings (SSSR count). The van der Waals surface area contributed by atoms with Crippen LogP contribution < -0.4 is 9.47 Å². The second kappa shape index (κ2) is 5.73. The third-order valence-corrected chi connectivity index (χ3v) is 3.44. The summed E-state index contributed by atoms with van der Waals surface area (Å²) in [6.07, 6.45) is 1.60. The van der Waals surface area contributed by atoms with Gasteiger partial charge in [0.05, 0.1) is 13.2 Å². The van der Waals surface area contributed by atoms with Crippen molar-refractivity contribution in [1.82, 2.24) is 10.1 Å². The van der Waals surface area contributed by atoms with E-state index in [2.05, 4.69) is 10.1 Å². The molecule has 2 aromatic rings. The van der Waals surface area contributed by atoms with Crippen LogP contribution >= 0.6 is 0 Å². The minimum Gasteiger partial charge on any atom is -0.497 e. The lowest BCUT2D eigenvalue weighted by Gasteiger charge is -2.13. The van der Waals surface area contributed by atoms with Gasteiger partial charge in [-0.2, -0.15) is 4.98 Å². The quantitative estimate of drug-likeness (QED) is 0.881. The number of hydrogen-bond donors (Lipinski definition) is 1. The summed E-state index contributed by atoms with van der Waals surface area (Å²) in [5.41, 5.74) is 0.696. The molecule has 1 aromatic heterocycles. The van der Waals surface area contributed by atoms with Gasteiger partial charge >= 0.3 is 0 Å². The second-order valence-electron chi connectivity index (χ2n) is 5.19. The van der Waals surface area contributed by atoms with Gasteiger partial charge in [-0.05, 0) is 31.9 Å². The van der Waals surface area contributed by atoms with E-state index in [9.17, 15) is 5.11 Å². The maximum absolute atomic E-state index is 9.78. The molecule has 0 radical (unpaired) electrons. The molecule has 0 amide bonds. The topological polar surface area (TPSA) is 77.6 Å². The Morgan fingerprint density at radius 2 is 2.24 bits per heavy atom. The van der Waals surface area contributed by atoms with E-state index in [1.165, 1.54) is 0 Å². The molecule has 1 saturated carbocycles. The molecule has 1 aliphatic rings. The fraction of sp³-hybridized carbons (Fsp3) is 0.467. The first-order valence-electron chi connectivity index (χ1n) is 6.98. The van der Waals surface area contributed by atoms with Gasteiger partial charge in [0, 0.05) is 17.5 Å². The molecule has 1 N–H and O–H groups in total. The Morgan fingerprint density at radius 3 is 2.90 bits per heavy atom. The van der Waals surface area contributed by atoms with Crippen LogP contribution in [0.25, 0.3) is 0 Å². The van der Waals surface area contributed by atoms with Crippen LogP contribution in [0.1, 0.15) is 49.1 Å². The van der Waals surface area contributed by atoms with Gasteiger partial charge in [0.15, 0.2) is 6.61 Å². The minimum atomic E-state index is -0.627. The maximum atomic E-state index is 9.78. The van der Waals surface area contributed by atoms with Crippen molar-refractivity contribution in [3.05, 3.63) is 35.5 Å². The first-order valence-corrected chi connectivity index (χ1v) is 6.98. The molecule has 1 aromatic carbocycles. The van der Waals surface area contributed by atoms with Crippen LogP contribution in [-0.2, 0) is 6.61 Å². The Hall–Kier alpha value is -2.08. The van der Waals surface area contributed by atoms with Gasteiger partial charge < -0.3 is 19.1 Å². The summed E-state index contributed by atoms with van der Waals surface area (Å²) in [7, 11) is 1.59. The number of aromatic nitrogens is 2. The Kier molecular flexibility index (Phi) is 3.79. The van der Waals surface area contributed by atoms with Crippen LogP contribution in [0.15, 0.2) is 22.7 Å². The highest BCUT2D eigenvalue weighted by atomic mass is 16.5. The lowest BCUT2D eigenvalue weighted by atomic mass is 10.1. The number of ether oxygens (including phenoxy) is 2. The molecule has 1 aliphatic carbocycles. The molecular weight excluding hydrogens is 272 g/mol. The third kappa shape index (κ3) is 3.16. The van der Waals surface area contributed by atoms with Gasteiger partial charge in [0.25, 0.3) is 0 Å². The predicted octanol–water partition coefficient (Wildman–Crippen LogP) is 2.59. The minimum absolute atomic E-state index is 0.198. The van der Waals surface area contributed by atoms with Crippen molar-refractivity contribution in [3.8, 4) is 11.5 Å². The molecule has 1 heterocycles. The highest BCUT2D eigenvalue weighted by Crippen LogP contribution is 2.39. The monoisotopic (exact) mass is 290 g/mol. The largest absolute Gasteiger partial charge is 0.497 e. The zero-order chi connectivity index (χ0) is 14.8. The highest BCUT2D eigenvalue weighted by Gasteiger charge is 2.29.